The van der Waals surface area contributed by atoms with E-state index in [9.17, 15) is 8.78 Å². The molecule has 0 aromatic carbocycles. The van der Waals surface area contributed by atoms with Crippen molar-refractivity contribution in [3.05, 3.63) is 29.6 Å². The summed E-state index contributed by atoms with van der Waals surface area (Å²) < 4.78 is 31.0. The van der Waals surface area contributed by atoms with E-state index in [1.807, 2.05) is 4.90 Å². The molecule has 0 unspecified atom stereocenters. The minimum absolute atomic E-state index is 0.290. The topological polar surface area (TPSA) is 25.4 Å². The van der Waals surface area contributed by atoms with Gasteiger partial charge in [0.25, 0.3) is 0 Å². The average molecular weight is 214 g/mol. The molecule has 0 atom stereocenters. The molecule has 0 amide bonds. The minimum Gasteiger partial charge on any atom is -0.379 e. The molecule has 15 heavy (non-hydrogen) atoms. The predicted molar refractivity (Wildman–Crippen MR) is 50.2 cm³/mol. The Morgan fingerprint density at radius 2 is 2.07 bits per heavy atom. The Bertz CT molecular complexity index is 340. The molecule has 2 rings (SSSR count). The van der Waals surface area contributed by atoms with Gasteiger partial charge >= 0.3 is 0 Å². The van der Waals surface area contributed by atoms with Crippen LogP contribution in [0.3, 0.4) is 0 Å². The SMILES string of the molecule is Fc1cnc(CN2CCOCC2)c(F)c1. The molecule has 0 radical (unpaired) electrons. The summed E-state index contributed by atoms with van der Waals surface area (Å²) in [6.07, 6.45) is 1.04. The van der Waals surface area contributed by atoms with Crippen LogP contribution in [0, 0.1) is 11.6 Å². The van der Waals surface area contributed by atoms with Crippen LogP contribution >= 0.6 is 0 Å². The highest BCUT2D eigenvalue weighted by Crippen LogP contribution is 2.10. The molecular weight excluding hydrogens is 202 g/mol. The van der Waals surface area contributed by atoms with Crippen molar-refractivity contribution in [1.29, 1.82) is 0 Å². The first-order valence-corrected chi connectivity index (χ1v) is 4.86. The molecule has 1 aromatic rings. The van der Waals surface area contributed by atoms with Gasteiger partial charge in [-0.05, 0) is 0 Å². The summed E-state index contributed by atoms with van der Waals surface area (Å²) >= 11 is 0. The van der Waals surface area contributed by atoms with Crippen LogP contribution in [0.15, 0.2) is 12.3 Å². The van der Waals surface area contributed by atoms with E-state index in [4.69, 9.17) is 4.74 Å². The fourth-order valence-electron chi connectivity index (χ4n) is 1.53. The van der Waals surface area contributed by atoms with Gasteiger partial charge in [-0.15, -0.1) is 0 Å². The molecule has 0 saturated carbocycles. The molecule has 0 N–H and O–H groups in total. The molecule has 0 bridgehead atoms. The number of ether oxygens (including phenoxy) is 1. The summed E-state index contributed by atoms with van der Waals surface area (Å²) in [5.41, 5.74) is 0.290. The molecule has 1 aromatic heterocycles. The van der Waals surface area contributed by atoms with Crippen LogP contribution in [0.2, 0.25) is 0 Å². The molecule has 1 aliphatic heterocycles. The van der Waals surface area contributed by atoms with Gasteiger partial charge in [-0.25, -0.2) is 8.78 Å². The van der Waals surface area contributed by atoms with Crippen molar-refractivity contribution in [3.8, 4) is 0 Å². The number of hydrogen-bond donors (Lipinski definition) is 0. The summed E-state index contributed by atoms with van der Waals surface area (Å²) in [5, 5.41) is 0. The third kappa shape index (κ3) is 2.70. The van der Waals surface area contributed by atoms with Crippen LogP contribution in [-0.2, 0) is 11.3 Å². The lowest BCUT2D eigenvalue weighted by Gasteiger charge is -2.26. The first kappa shape index (κ1) is 10.4. The Morgan fingerprint density at radius 1 is 1.33 bits per heavy atom. The predicted octanol–water partition coefficient (Wildman–Crippen LogP) is 1.19. The van der Waals surface area contributed by atoms with E-state index < -0.39 is 11.6 Å². The highest BCUT2D eigenvalue weighted by molar-refractivity contribution is 5.08. The molecular formula is C10H12F2N2O. The van der Waals surface area contributed by atoms with Gasteiger partial charge in [0.05, 0.1) is 25.1 Å². The Balaban J connectivity index is 2.03. The maximum atomic E-state index is 13.2. The van der Waals surface area contributed by atoms with Gasteiger partial charge in [0.15, 0.2) is 0 Å². The van der Waals surface area contributed by atoms with Crippen molar-refractivity contribution in [3.63, 3.8) is 0 Å². The third-order valence-corrected chi connectivity index (χ3v) is 2.36. The molecule has 1 fully saturated rings. The summed E-state index contributed by atoms with van der Waals surface area (Å²) in [6.45, 7) is 3.25. The first-order valence-electron chi connectivity index (χ1n) is 4.86. The molecule has 82 valence electrons. The number of nitrogens with zero attached hydrogens (tertiary/aromatic N) is 2. The van der Waals surface area contributed by atoms with Crippen molar-refractivity contribution in [2.45, 2.75) is 6.54 Å². The number of aromatic nitrogens is 1. The van der Waals surface area contributed by atoms with E-state index >= 15 is 0 Å². The van der Waals surface area contributed by atoms with E-state index in [1.54, 1.807) is 0 Å². The summed E-state index contributed by atoms with van der Waals surface area (Å²) in [5.74, 6) is -1.22. The Morgan fingerprint density at radius 3 is 2.73 bits per heavy atom. The van der Waals surface area contributed by atoms with Crippen LogP contribution < -0.4 is 0 Å². The van der Waals surface area contributed by atoms with Crippen LogP contribution in [0.25, 0.3) is 0 Å². The summed E-state index contributed by atoms with van der Waals surface area (Å²) in [4.78, 5) is 5.77. The Kier molecular flexibility index (Phi) is 3.23. The van der Waals surface area contributed by atoms with Gasteiger partial charge in [0, 0.05) is 25.7 Å². The lowest BCUT2D eigenvalue weighted by molar-refractivity contribution is 0.0331. The highest BCUT2D eigenvalue weighted by atomic mass is 19.1. The van der Waals surface area contributed by atoms with Crippen molar-refractivity contribution in [1.82, 2.24) is 9.88 Å². The zero-order valence-electron chi connectivity index (χ0n) is 8.25. The first-order chi connectivity index (χ1) is 7.25. The van der Waals surface area contributed by atoms with Gasteiger partial charge in [-0.3, -0.25) is 9.88 Å². The van der Waals surface area contributed by atoms with Crippen LogP contribution in [-0.4, -0.2) is 36.2 Å². The minimum atomic E-state index is -0.641. The summed E-state index contributed by atoms with van der Waals surface area (Å²) in [6, 6.07) is 0.864. The van der Waals surface area contributed by atoms with Crippen LogP contribution in [0.1, 0.15) is 5.69 Å². The molecule has 5 heteroatoms. The lowest BCUT2D eigenvalue weighted by Crippen LogP contribution is -2.36. The summed E-state index contributed by atoms with van der Waals surface area (Å²) in [7, 11) is 0. The van der Waals surface area contributed by atoms with Gasteiger partial charge in [0.2, 0.25) is 0 Å². The van der Waals surface area contributed by atoms with Crippen LogP contribution in [0.4, 0.5) is 8.78 Å². The van der Waals surface area contributed by atoms with Gasteiger partial charge in [0.1, 0.15) is 11.6 Å². The smallest absolute Gasteiger partial charge is 0.148 e. The number of halogens is 2. The average Bonchev–Trinajstić information content (AvgIpc) is 2.24. The molecule has 3 nitrogen and oxygen atoms in total. The zero-order valence-corrected chi connectivity index (χ0v) is 8.25. The normalized spacial score (nSPS) is 18.0. The number of pyridine rings is 1. The quantitative estimate of drug-likeness (QED) is 0.739. The van der Waals surface area contributed by atoms with Gasteiger partial charge < -0.3 is 4.74 Å². The van der Waals surface area contributed by atoms with E-state index in [-0.39, 0.29) is 0 Å². The maximum absolute atomic E-state index is 13.2. The molecule has 2 heterocycles. The van der Waals surface area contributed by atoms with E-state index in [1.165, 1.54) is 0 Å². The second-order valence-electron chi connectivity index (χ2n) is 3.47. The van der Waals surface area contributed by atoms with Crippen molar-refractivity contribution in [2.75, 3.05) is 26.3 Å². The zero-order chi connectivity index (χ0) is 10.7. The maximum Gasteiger partial charge on any atom is 0.148 e. The van der Waals surface area contributed by atoms with Crippen molar-refractivity contribution >= 4 is 0 Å². The second-order valence-corrected chi connectivity index (χ2v) is 3.47. The molecule has 0 spiro atoms. The second kappa shape index (κ2) is 4.63. The number of hydrogen-bond acceptors (Lipinski definition) is 3. The van der Waals surface area contributed by atoms with Crippen molar-refractivity contribution in [2.24, 2.45) is 0 Å². The number of morpholine rings is 1. The fourth-order valence-corrected chi connectivity index (χ4v) is 1.53. The monoisotopic (exact) mass is 214 g/mol. The molecule has 0 aliphatic carbocycles. The van der Waals surface area contributed by atoms with E-state index in [2.05, 4.69) is 4.98 Å². The van der Waals surface area contributed by atoms with Crippen LogP contribution in [0.5, 0.6) is 0 Å². The third-order valence-electron chi connectivity index (χ3n) is 2.36. The number of rotatable bonds is 2. The fraction of sp³-hybridized carbons (Fsp3) is 0.500. The van der Waals surface area contributed by atoms with E-state index in [0.717, 1.165) is 25.4 Å². The lowest BCUT2D eigenvalue weighted by atomic mass is 10.3. The largest absolute Gasteiger partial charge is 0.379 e. The Labute approximate surface area is 86.7 Å². The van der Waals surface area contributed by atoms with E-state index in [0.29, 0.717) is 25.5 Å². The Hall–Kier alpha value is -1.07. The molecule has 1 saturated heterocycles. The standard InChI is InChI=1S/C10H12F2N2O/c11-8-5-9(12)10(13-6-8)7-14-1-3-15-4-2-14/h5-6H,1-4,7H2. The van der Waals surface area contributed by atoms with Gasteiger partial charge in [-0.2, -0.15) is 0 Å². The van der Waals surface area contributed by atoms with Gasteiger partial charge in [-0.1, -0.05) is 0 Å². The molecule has 1 aliphatic rings. The highest BCUT2D eigenvalue weighted by Gasteiger charge is 2.14. The van der Waals surface area contributed by atoms with Crippen molar-refractivity contribution < 1.29 is 13.5 Å².